The van der Waals surface area contributed by atoms with Crippen LogP contribution in [-0.2, 0) is 0 Å². The van der Waals surface area contributed by atoms with Crippen LogP contribution in [0.2, 0.25) is 0 Å². The SMILES string of the molecule is C=CC1[C@@H](CC)CCN1C=C. The van der Waals surface area contributed by atoms with Crippen molar-refractivity contribution in [2.24, 2.45) is 5.92 Å². The fourth-order valence-corrected chi connectivity index (χ4v) is 1.89. The van der Waals surface area contributed by atoms with Crippen LogP contribution in [-0.4, -0.2) is 17.5 Å². The lowest BCUT2D eigenvalue weighted by Gasteiger charge is -2.22. The summed E-state index contributed by atoms with van der Waals surface area (Å²) in [5.74, 6) is 0.797. The van der Waals surface area contributed by atoms with Crippen LogP contribution in [0.4, 0.5) is 0 Å². The number of hydrogen-bond acceptors (Lipinski definition) is 1. The monoisotopic (exact) mass is 151 g/mol. The van der Waals surface area contributed by atoms with E-state index >= 15 is 0 Å². The maximum absolute atomic E-state index is 3.85. The molecule has 0 aromatic carbocycles. The fourth-order valence-electron chi connectivity index (χ4n) is 1.89. The highest BCUT2D eigenvalue weighted by molar-refractivity contribution is 5.00. The Morgan fingerprint density at radius 1 is 1.55 bits per heavy atom. The van der Waals surface area contributed by atoms with E-state index in [9.17, 15) is 0 Å². The first kappa shape index (κ1) is 8.38. The van der Waals surface area contributed by atoms with Crippen LogP contribution >= 0.6 is 0 Å². The Labute approximate surface area is 69.4 Å². The molecule has 1 fully saturated rings. The molecule has 1 heterocycles. The normalized spacial score (nSPS) is 30.5. The van der Waals surface area contributed by atoms with E-state index in [1.54, 1.807) is 0 Å². The first-order valence-corrected chi connectivity index (χ1v) is 4.34. The standard InChI is InChI=1S/C10H17N/c1-4-9-7-8-11(6-3)10(9)5-2/h5-6,9-10H,2-4,7-8H2,1H3/t9-,10?/m0/s1. The summed E-state index contributed by atoms with van der Waals surface area (Å²) >= 11 is 0. The minimum absolute atomic E-state index is 0.539. The van der Waals surface area contributed by atoms with Gasteiger partial charge < -0.3 is 4.90 Å². The average Bonchev–Trinajstić information content (AvgIpc) is 2.45. The van der Waals surface area contributed by atoms with Crippen molar-refractivity contribution in [2.75, 3.05) is 6.54 Å². The van der Waals surface area contributed by atoms with Gasteiger partial charge in [0.1, 0.15) is 0 Å². The highest BCUT2D eigenvalue weighted by Gasteiger charge is 2.27. The van der Waals surface area contributed by atoms with Gasteiger partial charge in [0.05, 0.1) is 0 Å². The molecule has 1 heteroatoms. The van der Waals surface area contributed by atoms with Crippen molar-refractivity contribution < 1.29 is 0 Å². The molecule has 0 radical (unpaired) electrons. The van der Waals surface area contributed by atoms with Crippen LogP contribution < -0.4 is 0 Å². The highest BCUT2D eigenvalue weighted by Crippen LogP contribution is 2.27. The Kier molecular flexibility index (Phi) is 2.75. The molecule has 1 saturated heterocycles. The molecule has 1 aliphatic heterocycles. The van der Waals surface area contributed by atoms with Gasteiger partial charge in [0.2, 0.25) is 0 Å². The molecule has 0 aliphatic carbocycles. The van der Waals surface area contributed by atoms with Gasteiger partial charge in [0.15, 0.2) is 0 Å². The van der Waals surface area contributed by atoms with E-state index in [-0.39, 0.29) is 0 Å². The topological polar surface area (TPSA) is 3.24 Å². The van der Waals surface area contributed by atoms with Crippen molar-refractivity contribution in [1.82, 2.24) is 4.90 Å². The maximum atomic E-state index is 3.85. The molecular formula is C10H17N. The van der Waals surface area contributed by atoms with E-state index in [4.69, 9.17) is 0 Å². The molecular weight excluding hydrogens is 134 g/mol. The second-order valence-electron chi connectivity index (χ2n) is 3.10. The van der Waals surface area contributed by atoms with Crippen molar-refractivity contribution in [3.8, 4) is 0 Å². The van der Waals surface area contributed by atoms with Gasteiger partial charge in [0.25, 0.3) is 0 Å². The third-order valence-electron chi connectivity index (χ3n) is 2.62. The predicted molar refractivity (Wildman–Crippen MR) is 49.3 cm³/mol. The molecule has 0 aromatic rings. The molecule has 11 heavy (non-hydrogen) atoms. The third kappa shape index (κ3) is 1.47. The van der Waals surface area contributed by atoms with Gasteiger partial charge in [-0.3, -0.25) is 0 Å². The van der Waals surface area contributed by atoms with E-state index in [1.165, 1.54) is 12.8 Å². The van der Waals surface area contributed by atoms with Gasteiger partial charge in [-0.15, -0.1) is 6.58 Å². The van der Waals surface area contributed by atoms with Gasteiger partial charge >= 0.3 is 0 Å². The van der Waals surface area contributed by atoms with Crippen LogP contribution in [0, 0.1) is 5.92 Å². The summed E-state index contributed by atoms with van der Waals surface area (Å²) in [6.07, 6.45) is 6.52. The fraction of sp³-hybridized carbons (Fsp3) is 0.600. The molecule has 62 valence electrons. The highest BCUT2D eigenvalue weighted by atomic mass is 15.2. The number of nitrogens with zero attached hydrogens (tertiary/aromatic N) is 1. The van der Waals surface area contributed by atoms with Crippen molar-refractivity contribution in [3.63, 3.8) is 0 Å². The summed E-state index contributed by atoms with van der Waals surface area (Å²) in [5, 5.41) is 0. The lowest BCUT2D eigenvalue weighted by atomic mass is 9.98. The maximum Gasteiger partial charge on any atom is 0.0493 e. The zero-order valence-corrected chi connectivity index (χ0v) is 7.29. The number of hydrogen-bond donors (Lipinski definition) is 0. The van der Waals surface area contributed by atoms with Gasteiger partial charge in [-0.05, 0) is 18.5 Å². The minimum atomic E-state index is 0.539. The minimum Gasteiger partial charge on any atom is -0.371 e. The first-order chi connectivity index (χ1) is 5.33. The summed E-state index contributed by atoms with van der Waals surface area (Å²) in [7, 11) is 0. The molecule has 0 spiro atoms. The second kappa shape index (κ2) is 3.61. The van der Waals surface area contributed by atoms with E-state index in [0.717, 1.165) is 12.5 Å². The molecule has 1 rings (SSSR count). The second-order valence-corrected chi connectivity index (χ2v) is 3.10. The average molecular weight is 151 g/mol. The van der Waals surface area contributed by atoms with E-state index in [2.05, 4.69) is 25.0 Å². The predicted octanol–water partition coefficient (Wildman–Crippen LogP) is 2.42. The zero-order chi connectivity index (χ0) is 8.27. The quantitative estimate of drug-likeness (QED) is 0.560. The Morgan fingerprint density at radius 2 is 2.27 bits per heavy atom. The molecule has 1 aliphatic rings. The molecule has 0 amide bonds. The van der Waals surface area contributed by atoms with Crippen LogP contribution in [0.1, 0.15) is 19.8 Å². The smallest absolute Gasteiger partial charge is 0.0493 e. The van der Waals surface area contributed by atoms with Crippen LogP contribution in [0.25, 0.3) is 0 Å². The molecule has 1 unspecified atom stereocenters. The summed E-state index contributed by atoms with van der Waals surface area (Å²) in [6.45, 7) is 11.0. The first-order valence-electron chi connectivity index (χ1n) is 4.34. The van der Waals surface area contributed by atoms with Crippen molar-refractivity contribution in [2.45, 2.75) is 25.8 Å². The van der Waals surface area contributed by atoms with Crippen LogP contribution in [0.5, 0.6) is 0 Å². The molecule has 0 aromatic heterocycles. The Morgan fingerprint density at radius 3 is 2.73 bits per heavy atom. The van der Waals surface area contributed by atoms with Crippen molar-refractivity contribution >= 4 is 0 Å². The van der Waals surface area contributed by atoms with E-state index in [1.807, 2.05) is 12.3 Å². The summed E-state index contributed by atoms with van der Waals surface area (Å²) in [6, 6.07) is 0.539. The molecule has 0 N–H and O–H groups in total. The van der Waals surface area contributed by atoms with Gasteiger partial charge in [-0.25, -0.2) is 0 Å². The summed E-state index contributed by atoms with van der Waals surface area (Å²) < 4.78 is 0. The Bertz CT molecular complexity index is 151. The van der Waals surface area contributed by atoms with Gasteiger partial charge in [0, 0.05) is 12.6 Å². The Hall–Kier alpha value is -0.720. The van der Waals surface area contributed by atoms with Crippen LogP contribution in [0.3, 0.4) is 0 Å². The lowest BCUT2D eigenvalue weighted by molar-refractivity contribution is 0.354. The number of rotatable bonds is 3. The molecule has 0 bridgehead atoms. The van der Waals surface area contributed by atoms with Gasteiger partial charge in [-0.2, -0.15) is 0 Å². The largest absolute Gasteiger partial charge is 0.371 e. The lowest BCUT2D eigenvalue weighted by Crippen LogP contribution is -2.25. The van der Waals surface area contributed by atoms with E-state index < -0.39 is 0 Å². The summed E-state index contributed by atoms with van der Waals surface area (Å²) in [4.78, 5) is 2.28. The molecule has 0 saturated carbocycles. The molecule has 2 atom stereocenters. The Balaban J connectivity index is 2.61. The zero-order valence-electron chi connectivity index (χ0n) is 7.29. The van der Waals surface area contributed by atoms with Crippen LogP contribution in [0.15, 0.2) is 25.4 Å². The number of likely N-dealkylation sites (tertiary alicyclic amines) is 1. The van der Waals surface area contributed by atoms with Gasteiger partial charge in [-0.1, -0.05) is 26.0 Å². The third-order valence-corrected chi connectivity index (χ3v) is 2.62. The summed E-state index contributed by atoms with van der Waals surface area (Å²) in [5.41, 5.74) is 0. The molecule has 1 nitrogen and oxygen atoms in total. The van der Waals surface area contributed by atoms with Crippen molar-refractivity contribution in [1.29, 1.82) is 0 Å². The van der Waals surface area contributed by atoms with E-state index in [0.29, 0.717) is 6.04 Å². The van der Waals surface area contributed by atoms with Crippen molar-refractivity contribution in [3.05, 3.63) is 25.4 Å².